The molecular weight excluding hydrogens is 206 g/mol. The van der Waals surface area contributed by atoms with E-state index in [4.69, 9.17) is 4.74 Å². The molecule has 1 unspecified atom stereocenters. The van der Waals surface area contributed by atoms with E-state index in [2.05, 4.69) is 20.4 Å². The minimum absolute atomic E-state index is 0.193. The molecule has 0 aromatic heterocycles. The third-order valence-corrected chi connectivity index (χ3v) is 2.19. The maximum Gasteiger partial charge on any atom is 0.245 e. The molecule has 0 bridgehead atoms. The number of carbonyl (C=O) groups excluding carboxylic acids is 1. The minimum atomic E-state index is -0.638. The molecule has 94 valence electrons. The molecular formula is C12H23NO3. The number of aliphatic hydroxyl groups is 1. The first-order valence-electron chi connectivity index (χ1n) is 5.60. The Hall–Kier alpha value is -0.870. The number of rotatable bonds is 8. The van der Waals surface area contributed by atoms with E-state index in [-0.39, 0.29) is 19.1 Å². The Morgan fingerprint density at radius 1 is 1.56 bits per heavy atom. The van der Waals surface area contributed by atoms with Crippen LogP contribution in [0.15, 0.2) is 12.7 Å². The van der Waals surface area contributed by atoms with Crippen molar-refractivity contribution in [2.75, 3.05) is 26.8 Å². The van der Waals surface area contributed by atoms with Gasteiger partial charge in [-0.15, -0.1) is 0 Å². The first kappa shape index (κ1) is 15.1. The van der Waals surface area contributed by atoms with Gasteiger partial charge in [-0.05, 0) is 18.4 Å². The van der Waals surface area contributed by atoms with Crippen molar-refractivity contribution >= 4 is 5.91 Å². The number of nitrogens with zero attached hydrogens (tertiary/aromatic N) is 1. The van der Waals surface area contributed by atoms with Crippen LogP contribution in [0.1, 0.15) is 20.3 Å². The van der Waals surface area contributed by atoms with Crippen molar-refractivity contribution in [3.8, 4) is 0 Å². The van der Waals surface area contributed by atoms with Crippen LogP contribution in [0, 0.1) is 5.92 Å². The molecule has 0 aliphatic rings. The van der Waals surface area contributed by atoms with E-state index in [1.165, 1.54) is 11.0 Å². The third kappa shape index (κ3) is 7.43. The molecule has 1 amide bonds. The zero-order valence-electron chi connectivity index (χ0n) is 10.5. The van der Waals surface area contributed by atoms with Crippen LogP contribution in [0.25, 0.3) is 0 Å². The van der Waals surface area contributed by atoms with Crippen LogP contribution < -0.4 is 0 Å². The molecule has 0 heterocycles. The van der Waals surface area contributed by atoms with Gasteiger partial charge in [0.25, 0.3) is 0 Å². The van der Waals surface area contributed by atoms with Gasteiger partial charge in [0, 0.05) is 20.2 Å². The van der Waals surface area contributed by atoms with Crippen LogP contribution >= 0.6 is 0 Å². The first-order valence-corrected chi connectivity index (χ1v) is 5.60. The molecule has 16 heavy (non-hydrogen) atoms. The van der Waals surface area contributed by atoms with Crippen molar-refractivity contribution in [1.29, 1.82) is 0 Å². The topological polar surface area (TPSA) is 49.8 Å². The fourth-order valence-corrected chi connectivity index (χ4v) is 1.15. The number of likely N-dealkylation sites (N-methyl/N-ethyl adjacent to an activating group) is 1. The summed E-state index contributed by atoms with van der Waals surface area (Å²) in [6.07, 6.45) is 1.57. The van der Waals surface area contributed by atoms with Gasteiger partial charge in [-0.2, -0.15) is 0 Å². The van der Waals surface area contributed by atoms with Gasteiger partial charge in [-0.25, -0.2) is 0 Å². The number of hydrogen-bond donors (Lipinski definition) is 1. The lowest BCUT2D eigenvalue weighted by atomic mass is 10.1. The van der Waals surface area contributed by atoms with E-state index in [9.17, 15) is 9.90 Å². The van der Waals surface area contributed by atoms with Crippen molar-refractivity contribution in [3.63, 3.8) is 0 Å². The van der Waals surface area contributed by atoms with Crippen LogP contribution in [-0.2, 0) is 9.53 Å². The summed E-state index contributed by atoms with van der Waals surface area (Å²) in [4.78, 5) is 12.5. The third-order valence-electron chi connectivity index (χ3n) is 2.19. The lowest BCUT2D eigenvalue weighted by molar-refractivity contribution is -0.126. The van der Waals surface area contributed by atoms with Crippen LogP contribution in [0.3, 0.4) is 0 Å². The Morgan fingerprint density at radius 3 is 2.69 bits per heavy atom. The second-order valence-corrected chi connectivity index (χ2v) is 4.33. The fourth-order valence-electron chi connectivity index (χ4n) is 1.15. The molecule has 0 rings (SSSR count). The molecule has 0 saturated heterocycles. The van der Waals surface area contributed by atoms with Crippen LogP contribution in [0.2, 0.25) is 0 Å². The van der Waals surface area contributed by atoms with Crippen molar-refractivity contribution in [2.45, 2.75) is 26.4 Å². The summed E-state index contributed by atoms with van der Waals surface area (Å²) >= 11 is 0. The van der Waals surface area contributed by atoms with Crippen molar-refractivity contribution in [1.82, 2.24) is 4.90 Å². The van der Waals surface area contributed by atoms with Crippen LogP contribution in [-0.4, -0.2) is 48.8 Å². The van der Waals surface area contributed by atoms with Gasteiger partial charge in [-0.3, -0.25) is 4.79 Å². The van der Waals surface area contributed by atoms with E-state index in [0.717, 1.165) is 6.42 Å². The van der Waals surface area contributed by atoms with Gasteiger partial charge >= 0.3 is 0 Å². The molecule has 0 aromatic carbocycles. The zero-order chi connectivity index (χ0) is 12.6. The summed E-state index contributed by atoms with van der Waals surface area (Å²) in [6, 6.07) is 0. The number of aliphatic hydroxyl groups excluding tert-OH is 1. The molecule has 1 atom stereocenters. The second-order valence-electron chi connectivity index (χ2n) is 4.33. The maximum atomic E-state index is 11.1. The van der Waals surface area contributed by atoms with E-state index in [1.807, 2.05) is 0 Å². The summed E-state index contributed by atoms with van der Waals surface area (Å²) < 4.78 is 5.31. The molecule has 0 saturated carbocycles. The second kappa shape index (κ2) is 8.30. The molecule has 0 fully saturated rings. The Bertz CT molecular complexity index is 216. The maximum absolute atomic E-state index is 11.1. The van der Waals surface area contributed by atoms with Gasteiger partial charge < -0.3 is 14.7 Å². The van der Waals surface area contributed by atoms with Crippen LogP contribution in [0.5, 0.6) is 0 Å². The molecule has 1 N–H and O–H groups in total. The van der Waals surface area contributed by atoms with Gasteiger partial charge in [0.05, 0.1) is 12.7 Å². The quantitative estimate of drug-likeness (QED) is 0.500. The van der Waals surface area contributed by atoms with Gasteiger partial charge in [-0.1, -0.05) is 20.4 Å². The fraction of sp³-hybridized carbons (Fsp3) is 0.750. The Kier molecular flexibility index (Phi) is 7.85. The minimum Gasteiger partial charge on any atom is -0.389 e. The molecule has 0 aliphatic carbocycles. The largest absolute Gasteiger partial charge is 0.389 e. The first-order chi connectivity index (χ1) is 7.47. The Labute approximate surface area is 97.9 Å². The summed E-state index contributed by atoms with van der Waals surface area (Å²) in [5, 5.41) is 9.58. The Balaban J connectivity index is 3.61. The summed E-state index contributed by atoms with van der Waals surface area (Å²) in [6.45, 7) is 8.80. The average Bonchev–Trinajstić information content (AvgIpc) is 2.22. The molecule has 0 aromatic rings. The highest BCUT2D eigenvalue weighted by atomic mass is 16.5. The summed E-state index contributed by atoms with van der Waals surface area (Å²) in [5.74, 6) is 0.406. The standard InChI is InChI=1S/C12H23NO3/c1-5-12(15)13(4)8-11(14)9-16-7-6-10(2)3/h5,10-11,14H,1,6-9H2,2-4H3. The number of amides is 1. The Morgan fingerprint density at radius 2 is 2.19 bits per heavy atom. The van der Waals surface area contributed by atoms with Crippen molar-refractivity contribution < 1.29 is 14.6 Å². The van der Waals surface area contributed by atoms with Crippen molar-refractivity contribution in [2.24, 2.45) is 5.92 Å². The van der Waals surface area contributed by atoms with Gasteiger partial charge in [0.15, 0.2) is 0 Å². The monoisotopic (exact) mass is 229 g/mol. The summed E-state index contributed by atoms with van der Waals surface area (Å²) in [5.41, 5.74) is 0. The predicted molar refractivity (Wildman–Crippen MR) is 64.1 cm³/mol. The number of carbonyl (C=O) groups is 1. The van der Waals surface area contributed by atoms with Gasteiger partial charge in [0.2, 0.25) is 5.91 Å². The normalized spacial score (nSPS) is 12.6. The van der Waals surface area contributed by atoms with Crippen LogP contribution in [0.4, 0.5) is 0 Å². The highest BCUT2D eigenvalue weighted by Gasteiger charge is 2.11. The lowest BCUT2D eigenvalue weighted by Crippen LogP contribution is -2.35. The van der Waals surface area contributed by atoms with Gasteiger partial charge in [0.1, 0.15) is 0 Å². The van der Waals surface area contributed by atoms with Crippen molar-refractivity contribution in [3.05, 3.63) is 12.7 Å². The smallest absolute Gasteiger partial charge is 0.245 e. The number of hydrogen-bond acceptors (Lipinski definition) is 3. The highest BCUT2D eigenvalue weighted by Crippen LogP contribution is 2.00. The zero-order valence-corrected chi connectivity index (χ0v) is 10.5. The molecule has 0 spiro atoms. The molecule has 0 aliphatic heterocycles. The molecule has 0 radical (unpaired) electrons. The van der Waals surface area contributed by atoms with E-state index in [1.54, 1.807) is 7.05 Å². The highest BCUT2D eigenvalue weighted by molar-refractivity contribution is 5.86. The van der Waals surface area contributed by atoms with E-state index >= 15 is 0 Å². The molecule has 4 nitrogen and oxygen atoms in total. The van der Waals surface area contributed by atoms with E-state index in [0.29, 0.717) is 12.5 Å². The summed E-state index contributed by atoms with van der Waals surface area (Å²) in [7, 11) is 1.63. The predicted octanol–water partition coefficient (Wildman–Crippen LogP) is 1.05. The lowest BCUT2D eigenvalue weighted by Gasteiger charge is -2.19. The molecule has 4 heteroatoms. The van der Waals surface area contributed by atoms with E-state index < -0.39 is 6.10 Å². The SMILES string of the molecule is C=CC(=O)N(C)CC(O)COCCC(C)C. The number of ether oxygens (including phenoxy) is 1. The average molecular weight is 229 g/mol.